The molecule has 3 aromatic rings. The molecule has 11 heteroatoms. The van der Waals surface area contributed by atoms with Crippen LogP contribution >= 0.6 is 23.2 Å². The summed E-state index contributed by atoms with van der Waals surface area (Å²) in [6.07, 6.45) is -1.55. The summed E-state index contributed by atoms with van der Waals surface area (Å²) in [5, 5.41) is 13.3. The predicted octanol–water partition coefficient (Wildman–Crippen LogP) is 4.24. The van der Waals surface area contributed by atoms with Gasteiger partial charge in [0.2, 0.25) is 0 Å². The molecule has 2 heterocycles. The third-order valence-electron chi connectivity index (χ3n) is 3.26. The number of hydrogen-bond donors (Lipinski definition) is 1. The van der Waals surface area contributed by atoms with E-state index in [2.05, 4.69) is 20.6 Å². The number of benzene rings is 1. The third kappa shape index (κ3) is 3.63. The number of rotatable bonds is 3. The first-order chi connectivity index (χ1) is 12.3. The highest BCUT2D eigenvalue weighted by Crippen LogP contribution is 2.36. The standard InChI is InChI=1S/C15H8Cl2F3N5O/c16-8-1-2-12(11(17)5-8)25-13(15(18,19)20)10(7-23-25)14(26)24-9-3-4-21-22-6-9/h1-7H,(H,21,24,26). The summed E-state index contributed by atoms with van der Waals surface area (Å²) in [5.41, 5.74) is -1.80. The molecule has 1 N–H and O–H groups in total. The van der Waals surface area contributed by atoms with E-state index in [1.807, 2.05) is 0 Å². The minimum atomic E-state index is -4.86. The molecule has 1 aromatic carbocycles. The van der Waals surface area contributed by atoms with Gasteiger partial charge in [-0.1, -0.05) is 23.2 Å². The van der Waals surface area contributed by atoms with Crippen LogP contribution in [0.1, 0.15) is 16.1 Å². The molecule has 3 rings (SSSR count). The highest BCUT2D eigenvalue weighted by Gasteiger charge is 2.41. The van der Waals surface area contributed by atoms with E-state index in [1.54, 1.807) is 0 Å². The van der Waals surface area contributed by atoms with E-state index in [9.17, 15) is 18.0 Å². The summed E-state index contributed by atoms with van der Waals surface area (Å²) in [7, 11) is 0. The molecule has 0 saturated carbocycles. The Morgan fingerprint density at radius 2 is 1.88 bits per heavy atom. The van der Waals surface area contributed by atoms with Crippen molar-refractivity contribution in [1.29, 1.82) is 0 Å². The van der Waals surface area contributed by atoms with Gasteiger partial charge in [0.1, 0.15) is 0 Å². The summed E-state index contributed by atoms with van der Waals surface area (Å²) in [5.74, 6) is -0.998. The minimum absolute atomic E-state index is 0.0450. The molecule has 0 radical (unpaired) electrons. The quantitative estimate of drug-likeness (QED) is 0.712. The zero-order chi connectivity index (χ0) is 18.9. The van der Waals surface area contributed by atoms with Crippen LogP contribution in [-0.4, -0.2) is 25.9 Å². The highest BCUT2D eigenvalue weighted by atomic mass is 35.5. The Hall–Kier alpha value is -2.65. The van der Waals surface area contributed by atoms with Gasteiger partial charge in [-0.25, -0.2) is 4.68 Å². The van der Waals surface area contributed by atoms with Crippen LogP contribution < -0.4 is 5.32 Å². The number of nitrogens with zero attached hydrogens (tertiary/aromatic N) is 4. The van der Waals surface area contributed by atoms with Crippen LogP contribution in [-0.2, 0) is 6.18 Å². The Morgan fingerprint density at radius 3 is 2.50 bits per heavy atom. The Labute approximate surface area is 154 Å². The average molecular weight is 402 g/mol. The largest absolute Gasteiger partial charge is 0.434 e. The van der Waals surface area contributed by atoms with Gasteiger partial charge in [-0.3, -0.25) is 4.79 Å². The first-order valence-electron chi connectivity index (χ1n) is 6.96. The summed E-state index contributed by atoms with van der Waals surface area (Å²) in [6, 6.07) is 5.32. The predicted molar refractivity (Wildman–Crippen MR) is 88.6 cm³/mol. The molecule has 0 unspecified atom stereocenters. The van der Waals surface area contributed by atoms with E-state index < -0.39 is 23.3 Å². The number of aromatic nitrogens is 4. The third-order valence-corrected chi connectivity index (χ3v) is 3.80. The van der Waals surface area contributed by atoms with Gasteiger partial charge >= 0.3 is 6.18 Å². The molecule has 0 aliphatic rings. The lowest BCUT2D eigenvalue weighted by atomic mass is 10.2. The Morgan fingerprint density at radius 1 is 1.12 bits per heavy atom. The van der Waals surface area contributed by atoms with E-state index in [0.717, 1.165) is 6.20 Å². The van der Waals surface area contributed by atoms with Gasteiger partial charge in [-0.15, -0.1) is 0 Å². The topological polar surface area (TPSA) is 72.7 Å². The van der Waals surface area contributed by atoms with Crippen LogP contribution in [0.4, 0.5) is 18.9 Å². The van der Waals surface area contributed by atoms with Gasteiger partial charge in [-0.05, 0) is 24.3 Å². The first-order valence-corrected chi connectivity index (χ1v) is 7.71. The second-order valence-electron chi connectivity index (χ2n) is 5.00. The lowest BCUT2D eigenvalue weighted by Gasteiger charge is -2.14. The number of alkyl halides is 3. The summed E-state index contributed by atoms with van der Waals surface area (Å²) >= 11 is 11.7. The number of carbonyl (C=O) groups is 1. The molecule has 0 aliphatic carbocycles. The molecule has 1 amide bonds. The number of carbonyl (C=O) groups excluding carboxylic acids is 1. The maximum absolute atomic E-state index is 13.6. The van der Waals surface area contributed by atoms with Crippen LogP contribution in [0.25, 0.3) is 5.69 Å². The van der Waals surface area contributed by atoms with E-state index >= 15 is 0 Å². The van der Waals surface area contributed by atoms with Gasteiger partial charge in [0.15, 0.2) is 5.69 Å². The molecular formula is C15H8Cl2F3N5O. The lowest BCUT2D eigenvalue weighted by molar-refractivity contribution is -0.143. The van der Waals surface area contributed by atoms with Crippen molar-refractivity contribution >= 4 is 34.8 Å². The fourth-order valence-corrected chi connectivity index (χ4v) is 2.67. The second-order valence-corrected chi connectivity index (χ2v) is 5.84. The van der Waals surface area contributed by atoms with Crippen molar-refractivity contribution in [3.8, 4) is 5.69 Å². The monoisotopic (exact) mass is 401 g/mol. The number of nitrogens with one attached hydrogen (secondary N) is 1. The smallest absolute Gasteiger partial charge is 0.320 e. The van der Waals surface area contributed by atoms with Crippen LogP contribution in [0.5, 0.6) is 0 Å². The van der Waals surface area contributed by atoms with Crippen molar-refractivity contribution < 1.29 is 18.0 Å². The number of halogens is 5. The first kappa shape index (κ1) is 18.2. The Bertz CT molecular complexity index is 960. The molecule has 0 atom stereocenters. The fourth-order valence-electron chi connectivity index (χ4n) is 2.19. The van der Waals surface area contributed by atoms with Gasteiger partial charge in [0, 0.05) is 5.02 Å². The second kappa shape index (κ2) is 6.93. The maximum atomic E-state index is 13.6. The van der Waals surface area contributed by atoms with E-state index in [4.69, 9.17) is 23.2 Å². The van der Waals surface area contributed by atoms with Crippen molar-refractivity contribution in [2.45, 2.75) is 6.18 Å². The molecule has 0 spiro atoms. The van der Waals surface area contributed by atoms with Crippen molar-refractivity contribution in [3.05, 3.63) is 64.2 Å². The summed E-state index contributed by atoms with van der Waals surface area (Å²) in [4.78, 5) is 12.3. The van der Waals surface area contributed by atoms with Gasteiger partial charge in [0.25, 0.3) is 5.91 Å². The maximum Gasteiger partial charge on any atom is 0.434 e. The van der Waals surface area contributed by atoms with Crippen molar-refractivity contribution in [2.75, 3.05) is 5.32 Å². The van der Waals surface area contributed by atoms with Crippen LogP contribution in [0.3, 0.4) is 0 Å². The molecule has 26 heavy (non-hydrogen) atoms. The number of hydrogen-bond acceptors (Lipinski definition) is 4. The summed E-state index contributed by atoms with van der Waals surface area (Å²) < 4.78 is 41.4. The van der Waals surface area contributed by atoms with Crippen molar-refractivity contribution in [1.82, 2.24) is 20.0 Å². The van der Waals surface area contributed by atoms with E-state index in [-0.39, 0.29) is 21.4 Å². The van der Waals surface area contributed by atoms with Gasteiger partial charge < -0.3 is 5.32 Å². The Balaban J connectivity index is 2.07. The SMILES string of the molecule is O=C(Nc1ccnnc1)c1cnn(-c2ccc(Cl)cc2Cl)c1C(F)(F)F. The zero-order valence-electron chi connectivity index (χ0n) is 12.6. The van der Waals surface area contributed by atoms with E-state index in [0.29, 0.717) is 4.68 Å². The van der Waals surface area contributed by atoms with Crippen molar-refractivity contribution in [3.63, 3.8) is 0 Å². The fraction of sp³-hybridized carbons (Fsp3) is 0.0667. The van der Waals surface area contributed by atoms with Crippen LogP contribution in [0.2, 0.25) is 10.0 Å². The van der Waals surface area contributed by atoms with E-state index in [1.165, 1.54) is 36.7 Å². The molecular weight excluding hydrogens is 394 g/mol. The van der Waals surface area contributed by atoms with Crippen LogP contribution in [0.15, 0.2) is 42.9 Å². The number of amides is 1. The molecule has 6 nitrogen and oxygen atoms in total. The van der Waals surface area contributed by atoms with Gasteiger partial charge in [-0.2, -0.15) is 28.5 Å². The zero-order valence-corrected chi connectivity index (χ0v) is 14.1. The number of anilines is 1. The van der Waals surface area contributed by atoms with Gasteiger partial charge in [0.05, 0.1) is 40.6 Å². The molecule has 2 aromatic heterocycles. The highest BCUT2D eigenvalue weighted by molar-refractivity contribution is 6.35. The molecule has 0 bridgehead atoms. The lowest BCUT2D eigenvalue weighted by Crippen LogP contribution is -2.21. The average Bonchev–Trinajstić information content (AvgIpc) is 3.01. The molecule has 0 aliphatic heterocycles. The van der Waals surface area contributed by atoms with Crippen molar-refractivity contribution in [2.24, 2.45) is 0 Å². The Kier molecular flexibility index (Phi) is 4.84. The minimum Gasteiger partial charge on any atom is -0.320 e. The van der Waals surface area contributed by atoms with Crippen LogP contribution in [0, 0.1) is 0 Å². The molecule has 134 valence electrons. The normalized spacial score (nSPS) is 11.4. The molecule has 0 fully saturated rings. The molecule has 0 saturated heterocycles. The summed E-state index contributed by atoms with van der Waals surface area (Å²) in [6.45, 7) is 0.